The first-order valence-electron chi connectivity index (χ1n) is 6.80. The molecule has 114 valence electrons. The lowest BCUT2D eigenvalue weighted by molar-refractivity contribution is 0.188. The van der Waals surface area contributed by atoms with Crippen molar-refractivity contribution in [3.05, 3.63) is 11.8 Å². The molecule has 0 aliphatic heterocycles. The van der Waals surface area contributed by atoms with Crippen LogP contribution in [-0.4, -0.2) is 44.4 Å². The van der Waals surface area contributed by atoms with Crippen LogP contribution in [0.1, 0.15) is 31.7 Å². The fraction of sp³-hybridized carbons (Fsp3) is 0.750. The van der Waals surface area contributed by atoms with Gasteiger partial charge in [0.15, 0.2) is 5.03 Å². The minimum absolute atomic E-state index is 0.148. The van der Waals surface area contributed by atoms with Gasteiger partial charge in [-0.15, -0.1) is 0 Å². The molecule has 1 unspecified atom stereocenters. The second-order valence-corrected chi connectivity index (χ2v) is 6.83. The number of sulfonamides is 1. The summed E-state index contributed by atoms with van der Waals surface area (Å²) in [6.07, 6.45) is 4.50. The van der Waals surface area contributed by atoms with E-state index in [1.165, 1.54) is 0 Å². The van der Waals surface area contributed by atoms with Crippen molar-refractivity contribution in [2.24, 2.45) is 0 Å². The molecule has 3 N–H and O–H groups in total. The summed E-state index contributed by atoms with van der Waals surface area (Å²) < 4.78 is 32.2. The summed E-state index contributed by atoms with van der Waals surface area (Å²) in [6, 6.07) is 0.335. The smallest absolute Gasteiger partial charge is 0.258 e. The molecular formula is C12H22N4O3S. The molecule has 8 heteroatoms. The molecule has 1 heterocycles. The number of aromatic nitrogens is 2. The average molecular weight is 302 g/mol. The average Bonchev–Trinajstić information content (AvgIpc) is 3.09. The first-order valence-corrected chi connectivity index (χ1v) is 8.28. The first-order chi connectivity index (χ1) is 9.53. The standard InChI is InChI=1S/C12H22N4O3S/c1-9(5-6-19-2)16-20(17,18)12-10(8-14-15-12)7-13-11-3-4-11/h8-9,11,13,16H,3-7H2,1-2H3,(H,14,15). The quantitative estimate of drug-likeness (QED) is 0.612. The second-order valence-electron chi connectivity index (χ2n) is 5.18. The Bertz CT molecular complexity index is 525. The Morgan fingerprint density at radius 3 is 2.95 bits per heavy atom. The van der Waals surface area contributed by atoms with Gasteiger partial charge in [0.1, 0.15) is 0 Å². The third kappa shape index (κ3) is 4.27. The lowest BCUT2D eigenvalue weighted by Gasteiger charge is -2.13. The Kier molecular flexibility index (Phi) is 5.14. The van der Waals surface area contributed by atoms with Gasteiger partial charge in [-0.25, -0.2) is 13.1 Å². The van der Waals surface area contributed by atoms with Crippen molar-refractivity contribution < 1.29 is 13.2 Å². The van der Waals surface area contributed by atoms with Gasteiger partial charge in [0.05, 0.1) is 6.20 Å². The molecule has 0 spiro atoms. The van der Waals surface area contributed by atoms with Gasteiger partial charge >= 0.3 is 0 Å². The van der Waals surface area contributed by atoms with Gasteiger partial charge < -0.3 is 10.1 Å². The van der Waals surface area contributed by atoms with E-state index in [9.17, 15) is 8.42 Å². The molecule has 20 heavy (non-hydrogen) atoms. The number of nitrogens with zero attached hydrogens (tertiary/aromatic N) is 1. The van der Waals surface area contributed by atoms with Crippen molar-refractivity contribution in [2.75, 3.05) is 13.7 Å². The molecule has 1 saturated carbocycles. The van der Waals surface area contributed by atoms with Crippen molar-refractivity contribution in [1.29, 1.82) is 0 Å². The normalized spacial score (nSPS) is 17.3. The van der Waals surface area contributed by atoms with Gasteiger partial charge in [0.2, 0.25) is 0 Å². The number of hydrogen-bond acceptors (Lipinski definition) is 5. The van der Waals surface area contributed by atoms with Gasteiger partial charge in [0.25, 0.3) is 10.0 Å². The summed E-state index contributed by atoms with van der Waals surface area (Å²) in [5.41, 5.74) is 0.670. The first kappa shape index (κ1) is 15.4. The zero-order valence-electron chi connectivity index (χ0n) is 11.8. The maximum absolute atomic E-state index is 12.3. The molecule has 2 rings (SSSR count). The Morgan fingerprint density at radius 2 is 2.30 bits per heavy atom. The van der Waals surface area contributed by atoms with Crippen molar-refractivity contribution >= 4 is 10.0 Å². The van der Waals surface area contributed by atoms with E-state index in [1.54, 1.807) is 13.3 Å². The van der Waals surface area contributed by atoms with Gasteiger partial charge in [-0.3, -0.25) is 5.10 Å². The molecule has 0 aromatic carbocycles. The highest BCUT2D eigenvalue weighted by Gasteiger charge is 2.25. The van der Waals surface area contributed by atoms with E-state index in [2.05, 4.69) is 20.2 Å². The summed E-state index contributed by atoms with van der Waals surface area (Å²) in [6.45, 7) is 2.85. The van der Waals surface area contributed by atoms with E-state index in [-0.39, 0.29) is 11.1 Å². The van der Waals surface area contributed by atoms with Crippen LogP contribution in [0.3, 0.4) is 0 Å². The maximum atomic E-state index is 12.3. The fourth-order valence-corrected chi connectivity index (χ4v) is 3.29. The van der Waals surface area contributed by atoms with Crippen LogP contribution in [0.2, 0.25) is 0 Å². The Labute approximate surface area is 119 Å². The van der Waals surface area contributed by atoms with Crippen LogP contribution in [0, 0.1) is 0 Å². The summed E-state index contributed by atoms with van der Waals surface area (Å²) in [5, 5.41) is 9.86. The number of rotatable bonds is 9. The summed E-state index contributed by atoms with van der Waals surface area (Å²) in [4.78, 5) is 0. The van der Waals surface area contributed by atoms with Crippen LogP contribution >= 0.6 is 0 Å². The van der Waals surface area contributed by atoms with E-state index in [0.29, 0.717) is 31.2 Å². The van der Waals surface area contributed by atoms with Crippen molar-refractivity contribution in [2.45, 2.75) is 49.8 Å². The molecule has 0 saturated heterocycles. The lowest BCUT2D eigenvalue weighted by atomic mass is 10.3. The number of methoxy groups -OCH3 is 1. The minimum Gasteiger partial charge on any atom is -0.385 e. The number of ether oxygens (including phenoxy) is 1. The monoisotopic (exact) mass is 302 g/mol. The summed E-state index contributed by atoms with van der Waals surface area (Å²) in [7, 11) is -1.97. The van der Waals surface area contributed by atoms with Gasteiger partial charge in [-0.1, -0.05) is 0 Å². The second kappa shape index (κ2) is 6.66. The predicted octanol–water partition coefficient (Wildman–Crippen LogP) is 0.365. The number of H-pyrrole nitrogens is 1. The minimum atomic E-state index is -3.57. The number of hydrogen-bond donors (Lipinski definition) is 3. The van der Waals surface area contributed by atoms with Crippen LogP contribution in [0.5, 0.6) is 0 Å². The molecule has 0 amide bonds. The highest BCUT2D eigenvalue weighted by molar-refractivity contribution is 7.89. The zero-order chi connectivity index (χ0) is 14.6. The van der Waals surface area contributed by atoms with E-state index < -0.39 is 10.0 Å². The van der Waals surface area contributed by atoms with Crippen molar-refractivity contribution in [3.63, 3.8) is 0 Å². The molecule has 1 aliphatic rings. The molecule has 0 bridgehead atoms. The fourth-order valence-electron chi connectivity index (χ4n) is 1.88. The third-order valence-corrected chi connectivity index (χ3v) is 4.82. The lowest BCUT2D eigenvalue weighted by Crippen LogP contribution is -2.34. The molecule has 1 aromatic rings. The Hall–Kier alpha value is -0.960. The van der Waals surface area contributed by atoms with E-state index >= 15 is 0 Å². The summed E-state index contributed by atoms with van der Waals surface area (Å²) in [5.74, 6) is 0. The van der Waals surface area contributed by atoms with E-state index in [1.807, 2.05) is 6.92 Å². The molecule has 1 atom stereocenters. The highest BCUT2D eigenvalue weighted by Crippen LogP contribution is 2.20. The number of nitrogens with one attached hydrogen (secondary N) is 3. The zero-order valence-corrected chi connectivity index (χ0v) is 12.7. The van der Waals surface area contributed by atoms with Crippen molar-refractivity contribution in [3.8, 4) is 0 Å². The van der Waals surface area contributed by atoms with E-state index in [4.69, 9.17) is 4.74 Å². The van der Waals surface area contributed by atoms with Crippen LogP contribution in [0.15, 0.2) is 11.2 Å². The van der Waals surface area contributed by atoms with Crippen LogP contribution in [0.4, 0.5) is 0 Å². The summed E-state index contributed by atoms with van der Waals surface area (Å²) >= 11 is 0. The van der Waals surface area contributed by atoms with Gasteiger partial charge in [0, 0.05) is 37.9 Å². The topological polar surface area (TPSA) is 96.1 Å². The van der Waals surface area contributed by atoms with Crippen LogP contribution in [-0.2, 0) is 21.3 Å². The molecular weight excluding hydrogens is 280 g/mol. The maximum Gasteiger partial charge on any atom is 0.258 e. The number of aromatic amines is 1. The van der Waals surface area contributed by atoms with Gasteiger partial charge in [-0.05, 0) is 26.2 Å². The van der Waals surface area contributed by atoms with Gasteiger partial charge in [-0.2, -0.15) is 5.10 Å². The molecule has 7 nitrogen and oxygen atoms in total. The Balaban J connectivity index is 1.98. The SMILES string of the molecule is COCCC(C)NS(=O)(=O)c1[nH]ncc1CNC1CC1. The van der Waals surface area contributed by atoms with Crippen LogP contribution < -0.4 is 10.0 Å². The highest BCUT2D eigenvalue weighted by atomic mass is 32.2. The Morgan fingerprint density at radius 1 is 1.55 bits per heavy atom. The molecule has 0 radical (unpaired) electrons. The van der Waals surface area contributed by atoms with E-state index in [0.717, 1.165) is 12.8 Å². The van der Waals surface area contributed by atoms with Crippen LogP contribution in [0.25, 0.3) is 0 Å². The predicted molar refractivity (Wildman–Crippen MR) is 74.7 cm³/mol. The molecule has 1 aromatic heterocycles. The third-order valence-electron chi connectivity index (χ3n) is 3.22. The molecule has 1 fully saturated rings. The van der Waals surface area contributed by atoms with Crippen molar-refractivity contribution in [1.82, 2.24) is 20.2 Å². The molecule has 1 aliphatic carbocycles. The largest absolute Gasteiger partial charge is 0.385 e.